The molecule has 0 saturated heterocycles. The minimum atomic E-state index is -1.39. The number of rotatable bonds is 9. The van der Waals surface area contributed by atoms with Crippen LogP contribution in [0.2, 0.25) is 0 Å². The third kappa shape index (κ3) is 8.47. The van der Waals surface area contributed by atoms with Crippen LogP contribution < -0.4 is 34.7 Å². The Labute approximate surface area is 216 Å². The van der Waals surface area contributed by atoms with Gasteiger partial charge >= 0.3 is 29.6 Å². The summed E-state index contributed by atoms with van der Waals surface area (Å²) in [7, 11) is 0. The van der Waals surface area contributed by atoms with Crippen molar-refractivity contribution in [1.29, 1.82) is 0 Å². The summed E-state index contributed by atoms with van der Waals surface area (Å²) >= 11 is 0. The van der Waals surface area contributed by atoms with Gasteiger partial charge in [0.15, 0.2) is 0 Å². The molecule has 2 rings (SSSR count). The van der Waals surface area contributed by atoms with E-state index in [1.807, 2.05) is 13.8 Å². The minimum absolute atomic E-state index is 0. The number of aliphatic carboxylic acids is 1. The summed E-state index contributed by atoms with van der Waals surface area (Å²) in [6.45, 7) is 7.26. The average Bonchev–Trinajstić information content (AvgIpc) is 2.68. The molecule has 2 N–H and O–H groups in total. The first kappa shape index (κ1) is 29.2. The molecule has 0 bridgehead atoms. The van der Waals surface area contributed by atoms with Crippen molar-refractivity contribution in [2.75, 3.05) is 0 Å². The number of halogens is 2. The van der Waals surface area contributed by atoms with Crippen LogP contribution in [0.3, 0.4) is 0 Å². The number of aryl methyl sites for hydroxylation is 2. The third-order valence-corrected chi connectivity index (χ3v) is 5.22. The molecule has 0 unspecified atom stereocenters. The number of carboxylic acid groups (broad SMARTS) is 1. The molecular formula is C26H29F2NaO4. The van der Waals surface area contributed by atoms with Crippen LogP contribution in [0.15, 0.2) is 54.1 Å². The first-order chi connectivity index (χ1) is 15.0. The number of benzene rings is 2. The van der Waals surface area contributed by atoms with Crippen molar-refractivity contribution in [1.82, 2.24) is 0 Å². The monoisotopic (exact) mass is 466 g/mol. The van der Waals surface area contributed by atoms with Crippen molar-refractivity contribution in [3.05, 3.63) is 88.0 Å². The van der Waals surface area contributed by atoms with Gasteiger partial charge in [0.1, 0.15) is 11.6 Å². The van der Waals surface area contributed by atoms with E-state index in [0.29, 0.717) is 11.1 Å². The predicted octanol–water partition coefficient (Wildman–Crippen LogP) is 0.852. The SMILES string of the molecule is Cc1cc(C(=C(/C=C/[C@@H](O)C[C@@H](O)CC(=O)[O-])C(C)C)c2ccc(F)c(C)c2)ccc1F.[Na+]. The van der Waals surface area contributed by atoms with E-state index >= 15 is 0 Å². The summed E-state index contributed by atoms with van der Waals surface area (Å²) in [4.78, 5) is 10.6. The Balaban J connectivity index is 0.00000544. The van der Waals surface area contributed by atoms with Crippen LogP contribution in [-0.2, 0) is 4.79 Å². The van der Waals surface area contributed by atoms with E-state index in [-0.39, 0.29) is 53.5 Å². The molecule has 0 aliphatic rings. The molecule has 2 atom stereocenters. The topological polar surface area (TPSA) is 80.6 Å². The van der Waals surface area contributed by atoms with E-state index < -0.39 is 24.6 Å². The first-order valence-corrected chi connectivity index (χ1v) is 10.5. The average molecular weight is 467 g/mol. The van der Waals surface area contributed by atoms with Gasteiger partial charge < -0.3 is 20.1 Å². The van der Waals surface area contributed by atoms with E-state index in [9.17, 15) is 28.9 Å². The molecule has 4 nitrogen and oxygen atoms in total. The fraction of sp³-hybridized carbons (Fsp3) is 0.346. The van der Waals surface area contributed by atoms with Gasteiger partial charge in [0, 0.05) is 18.8 Å². The van der Waals surface area contributed by atoms with Gasteiger partial charge in [0.2, 0.25) is 0 Å². The van der Waals surface area contributed by atoms with Crippen molar-refractivity contribution in [2.45, 2.75) is 52.7 Å². The summed E-state index contributed by atoms with van der Waals surface area (Å²) in [6.07, 6.45) is 0.173. The van der Waals surface area contributed by atoms with Crippen molar-refractivity contribution in [2.24, 2.45) is 5.92 Å². The van der Waals surface area contributed by atoms with E-state index in [2.05, 4.69) is 0 Å². The summed E-state index contributed by atoms with van der Waals surface area (Å²) in [5, 5.41) is 30.6. The van der Waals surface area contributed by atoms with E-state index in [4.69, 9.17) is 0 Å². The van der Waals surface area contributed by atoms with Crippen LogP contribution in [0.5, 0.6) is 0 Å². The molecule has 2 aromatic carbocycles. The van der Waals surface area contributed by atoms with Crippen LogP contribution in [-0.4, -0.2) is 28.4 Å². The van der Waals surface area contributed by atoms with Crippen LogP contribution in [0.4, 0.5) is 8.78 Å². The number of allylic oxidation sites excluding steroid dienone is 2. The maximum absolute atomic E-state index is 13.9. The molecule has 0 spiro atoms. The number of aliphatic hydroxyl groups excluding tert-OH is 2. The summed E-state index contributed by atoms with van der Waals surface area (Å²) < 4.78 is 27.8. The molecule has 172 valence electrons. The number of carbonyl (C=O) groups is 1. The maximum atomic E-state index is 13.9. The van der Waals surface area contributed by atoms with Crippen molar-refractivity contribution < 1.29 is 58.5 Å². The summed E-state index contributed by atoms with van der Waals surface area (Å²) in [5.74, 6) is -2.07. The Morgan fingerprint density at radius 3 is 1.88 bits per heavy atom. The van der Waals surface area contributed by atoms with Crippen LogP contribution in [0.1, 0.15) is 48.9 Å². The third-order valence-electron chi connectivity index (χ3n) is 5.22. The molecule has 0 saturated carbocycles. The fourth-order valence-electron chi connectivity index (χ4n) is 3.51. The minimum Gasteiger partial charge on any atom is -0.550 e. The second-order valence-electron chi connectivity index (χ2n) is 8.31. The van der Waals surface area contributed by atoms with Gasteiger partial charge in [-0.1, -0.05) is 38.1 Å². The molecule has 7 heteroatoms. The molecule has 0 fully saturated rings. The van der Waals surface area contributed by atoms with Gasteiger partial charge in [-0.05, 0) is 77.4 Å². The molecule has 0 amide bonds. The van der Waals surface area contributed by atoms with Crippen molar-refractivity contribution >= 4 is 11.5 Å². The van der Waals surface area contributed by atoms with Crippen LogP contribution in [0.25, 0.3) is 5.57 Å². The van der Waals surface area contributed by atoms with Gasteiger partial charge in [0.05, 0.1) is 12.2 Å². The van der Waals surface area contributed by atoms with Gasteiger partial charge in [0.25, 0.3) is 0 Å². The van der Waals surface area contributed by atoms with Gasteiger partial charge in [-0.3, -0.25) is 0 Å². The van der Waals surface area contributed by atoms with Gasteiger partial charge in [-0.15, -0.1) is 0 Å². The Morgan fingerprint density at radius 2 is 1.48 bits per heavy atom. The summed E-state index contributed by atoms with van der Waals surface area (Å²) in [6, 6.07) is 9.53. The Hall–Kier alpha value is -1.83. The van der Waals surface area contributed by atoms with Crippen molar-refractivity contribution in [3.63, 3.8) is 0 Å². The quantitative estimate of drug-likeness (QED) is 0.424. The zero-order valence-corrected chi connectivity index (χ0v) is 21.7. The summed E-state index contributed by atoms with van der Waals surface area (Å²) in [5.41, 5.74) is 4.01. The smallest absolute Gasteiger partial charge is 0.550 e. The molecule has 0 aromatic heterocycles. The molecule has 0 radical (unpaired) electrons. The Kier molecular flexibility index (Phi) is 11.6. The first-order valence-electron chi connectivity index (χ1n) is 10.5. The Morgan fingerprint density at radius 1 is 1.00 bits per heavy atom. The number of carboxylic acids is 1. The predicted molar refractivity (Wildman–Crippen MR) is 119 cm³/mol. The van der Waals surface area contributed by atoms with Gasteiger partial charge in [-0.2, -0.15) is 0 Å². The van der Waals surface area contributed by atoms with Crippen LogP contribution in [0, 0.1) is 31.4 Å². The molecule has 0 aliphatic carbocycles. The normalized spacial score (nSPS) is 13.0. The van der Waals surface area contributed by atoms with Crippen LogP contribution >= 0.6 is 0 Å². The molecule has 0 aliphatic heterocycles. The zero-order valence-electron chi connectivity index (χ0n) is 19.7. The number of carbonyl (C=O) groups excluding carboxylic acids is 1. The molecule has 2 aromatic rings. The second-order valence-corrected chi connectivity index (χ2v) is 8.31. The number of aliphatic hydroxyl groups is 2. The van der Waals surface area contributed by atoms with Crippen molar-refractivity contribution in [3.8, 4) is 0 Å². The molecule has 0 heterocycles. The fourth-order valence-corrected chi connectivity index (χ4v) is 3.51. The zero-order chi connectivity index (χ0) is 24.0. The van der Waals surface area contributed by atoms with E-state index in [0.717, 1.165) is 22.3 Å². The molecule has 33 heavy (non-hydrogen) atoms. The maximum Gasteiger partial charge on any atom is 1.00 e. The second kappa shape index (κ2) is 13.2. The number of hydrogen-bond acceptors (Lipinski definition) is 4. The number of hydrogen-bond donors (Lipinski definition) is 2. The molecular weight excluding hydrogens is 437 g/mol. The van der Waals surface area contributed by atoms with Gasteiger partial charge in [-0.25, -0.2) is 8.78 Å². The van der Waals surface area contributed by atoms with E-state index in [1.54, 1.807) is 44.2 Å². The standard InChI is InChI=1S/C26H30F2O4.Na/c1-15(2)22(8-7-20(29)13-21(30)14-25(31)32)26(18-5-9-23(27)16(3)11-18)19-6-10-24(28)17(4)12-19;/h5-12,15,20-21,29-30H,13-14H2,1-4H3,(H,31,32);/q;+1/p-1/b8-7+;/t20-,21-;/m1./s1. The Bertz CT molecular complexity index is 977. The largest absolute Gasteiger partial charge is 1.00 e. The van der Waals surface area contributed by atoms with E-state index in [1.165, 1.54) is 18.2 Å².